The van der Waals surface area contributed by atoms with E-state index in [1.165, 1.54) is 0 Å². The summed E-state index contributed by atoms with van der Waals surface area (Å²) in [6.45, 7) is 4.40. The predicted molar refractivity (Wildman–Crippen MR) is 62.7 cm³/mol. The molecule has 16 heavy (non-hydrogen) atoms. The SMILES string of the molecule is CC.FC1(F)CCNC(c2ccccc2)C1. The average Bonchev–Trinajstić information content (AvgIpc) is 2.32. The smallest absolute Gasteiger partial charge is 0.251 e. The van der Waals surface area contributed by atoms with Gasteiger partial charge in [-0.1, -0.05) is 44.2 Å². The Morgan fingerprint density at radius 1 is 1.19 bits per heavy atom. The number of hydrogen-bond donors (Lipinski definition) is 1. The van der Waals surface area contributed by atoms with Crippen molar-refractivity contribution in [3.8, 4) is 0 Å². The lowest BCUT2D eigenvalue weighted by molar-refractivity contribution is -0.0415. The minimum atomic E-state index is -2.51. The summed E-state index contributed by atoms with van der Waals surface area (Å²) < 4.78 is 26.2. The van der Waals surface area contributed by atoms with E-state index in [9.17, 15) is 8.78 Å². The maximum atomic E-state index is 13.1. The van der Waals surface area contributed by atoms with Crippen LogP contribution in [0.4, 0.5) is 8.78 Å². The third-order valence-electron chi connectivity index (χ3n) is 2.59. The molecule has 1 aromatic carbocycles. The van der Waals surface area contributed by atoms with E-state index < -0.39 is 5.92 Å². The quantitative estimate of drug-likeness (QED) is 0.770. The Hall–Kier alpha value is -0.960. The molecule has 1 atom stereocenters. The second-order valence-corrected chi connectivity index (χ2v) is 3.73. The van der Waals surface area contributed by atoms with Crippen LogP contribution in [0.25, 0.3) is 0 Å². The second kappa shape index (κ2) is 5.94. The van der Waals surface area contributed by atoms with E-state index >= 15 is 0 Å². The summed E-state index contributed by atoms with van der Waals surface area (Å²) in [6.07, 6.45) is -0.132. The van der Waals surface area contributed by atoms with E-state index in [-0.39, 0.29) is 18.9 Å². The van der Waals surface area contributed by atoms with Crippen molar-refractivity contribution in [2.45, 2.75) is 38.7 Å². The molecule has 90 valence electrons. The number of benzene rings is 1. The van der Waals surface area contributed by atoms with Crippen molar-refractivity contribution >= 4 is 0 Å². The van der Waals surface area contributed by atoms with Gasteiger partial charge in [0.2, 0.25) is 0 Å². The first-order valence-corrected chi connectivity index (χ1v) is 5.83. The summed E-state index contributed by atoms with van der Waals surface area (Å²) >= 11 is 0. The highest BCUT2D eigenvalue weighted by molar-refractivity contribution is 5.19. The minimum absolute atomic E-state index is 0.0453. The van der Waals surface area contributed by atoms with Crippen molar-refractivity contribution in [1.82, 2.24) is 5.32 Å². The molecule has 1 unspecified atom stereocenters. The lowest BCUT2D eigenvalue weighted by Crippen LogP contribution is -2.38. The number of nitrogens with one attached hydrogen (secondary N) is 1. The summed E-state index contributed by atoms with van der Waals surface area (Å²) in [5, 5.41) is 3.11. The van der Waals surface area contributed by atoms with Gasteiger partial charge >= 0.3 is 0 Å². The molecule has 1 saturated heterocycles. The second-order valence-electron chi connectivity index (χ2n) is 3.73. The summed E-state index contributed by atoms with van der Waals surface area (Å²) in [4.78, 5) is 0. The molecule has 2 rings (SSSR count). The van der Waals surface area contributed by atoms with Crippen molar-refractivity contribution in [3.63, 3.8) is 0 Å². The molecule has 0 radical (unpaired) electrons. The number of halogens is 2. The van der Waals surface area contributed by atoms with Gasteiger partial charge in [-0.15, -0.1) is 0 Å². The van der Waals surface area contributed by atoms with Crippen LogP contribution < -0.4 is 5.32 Å². The zero-order chi connectivity index (χ0) is 12.0. The van der Waals surface area contributed by atoms with Crippen molar-refractivity contribution < 1.29 is 8.78 Å². The average molecular weight is 227 g/mol. The van der Waals surface area contributed by atoms with Crippen LogP contribution in [-0.4, -0.2) is 12.5 Å². The third kappa shape index (κ3) is 3.56. The van der Waals surface area contributed by atoms with Crippen LogP contribution in [0.15, 0.2) is 30.3 Å². The van der Waals surface area contributed by atoms with E-state index in [1.807, 2.05) is 44.2 Å². The fourth-order valence-corrected chi connectivity index (χ4v) is 1.82. The fraction of sp³-hybridized carbons (Fsp3) is 0.538. The Morgan fingerprint density at radius 3 is 2.38 bits per heavy atom. The summed E-state index contributed by atoms with van der Waals surface area (Å²) in [7, 11) is 0. The topological polar surface area (TPSA) is 12.0 Å². The molecule has 0 aromatic heterocycles. The third-order valence-corrected chi connectivity index (χ3v) is 2.59. The van der Waals surface area contributed by atoms with Gasteiger partial charge in [0.15, 0.2) is 0 Å². The highest BCUT2D eigenvalue weighted by Crippen LogP contribution is 2.34. The molecule has 1 heterocycles. The Morgan fingerprint density at radius 2 is 1.81 bits per heavy atom. The zero-order valence-corrected chi connectivity index (χ0v) is 9.84. The van der Waals surface area contributed by atoms with Crippen LogP contribution >= 0.6 is 0 Å². The molecule has 0 bridgehead atoms. The van der Waals surface area contributed by atoms with Gasteiger partial charge in [0.05, 0.1) is 0 Å². The van der Waals surface area contributed by atoms with Crippen molar-refractivity contribution in [2.24, 2.45) is 0 Å². The van der Waals surface area contributed by atoms with Crippen molar-refractivity contribution in [1.29, 1.82) is 0 Å². The lowest BCUT2D eigenvalue weighted by Gasteiger charge is -2.30. The molecular formula is C13H19F2N. The maximum Gasteiger partial charge on any atom is 0.251 e. The normalized spacial score (nSPS) is 23.1. The largest absolute Gasteiger partial charge is 0.310 e. The first-order valence-electron chi connectivity index (χ1n) is 5.83. The van der Waals surface area contributed by atoms with Gasteiger partial charge in [0.25, 0.3) is 5.92 Å². The van der Waals surface area contributed by atoms with E-state index in [4.69, 9.17) is 0 Å². The van der Waals surface area contributed by atoms with E-state index in [1.54, 1.807) is 0 Å². The van der Waals surface area contributed by atoms with Gasteiger partial charge in [0, 0.05) is 25.4 Å². The maximum absolute atomic E-state index is 13.1. The summed E-state index contributed by atoms with van der Waals surface area (Å²) in [6, 6.07) is 9.23. The molecule has 0 saturated carbocycles. The number of hydrogen-bond acceptors (Lipinski definition) is 1. The Balaban J connectivity index is 0.000000606. The Labute approximate surface area is 95.9 Å². The predicted octanol–water partition coefficient (Wildman–Crippen LogP) is 3.77. The lowest BCUT2D eigenvalue weighted by atomic mass is 9.95. The highest BCUT2D eigenvalue weighted by Gasteiger charge is 2.36. The number of rotatable bonds is 1. The Kier molecular flexibility index (Phi) is 4.87. The number of alkyl halides is 2. The zero-order valence-electron chi connectivity index (χ0n) is 9.84. The molecular weight excluding hydrogens is 208 g/mol. The van der Waals surface area contributed by atoms with Crippen LogP contribution in [0.5, 0.6) is 0 Å². The van der Waals surface area contributed by atoms with Crippen LogP contribution in [0.2, 0.25) is 0 Å². The van der Waals surface area contributed by atoms with Crippen LogP contribution in [0.1, 0.15) is 38.3 Å². The van der Waals surface area contributed by atoms with Gasteiger partial charge in [-0.3, -0.25) is 0 Å². The highest BCUT2D eigenvalue weighted by atomic mass is 19.3. The van der Waals surface area contributed by atoms with Gasteiger partial charge in [-0.2, -0.15) is 0 Å². The van der Waals surface area contributed by atoms with Crippen LogP contribution in [0, 0.1) is 0 Å². The summed E-state index contributed by atoms with van der Waals surface area (Å²) in [5.41, 5.74) is 0.951. The first-order chi connectivity index (χ1) is 7.67. The van der Waals surface area contributed by atoms with Gasteiger partial charge < -0.3 is 5.32 Å². The Bertz CT molecular complexity index is 298. The van der Waals surface area contributed by atoms with E-state index in [2.05, 4.69) is 5.32 Å². The molecule has 3 heteroatoms. The fourth-order valence-electron chi connectivity index (χ4n) is 1.82. The molecule has 1 nitrogen and oxygen atoms in total. The molecule has 1 fully saturated rings. The van der Waals surface area contributed by atoms with Gasteiger partial charge in [-0.05, 0) is 5.56 Å². The molecule has 0 spiro atoms. The summed E-state index contributed by atoms with van der Waals surface area (Å²) in [5.74, 6) is -2.51. The van der Waals surface area contributed by atoms with Gasteiger partial charge in [-0.25, -0.2) is 8.78 Å². The van der Waals surface area contributed by atoms with Crippen molar-refractivity contribution in [3.05, 3.63) is 35.9 Å². The monoisotopic (exact) mass is 227 g/mol. The van der Waals surface area contributed by atoms with Crippen LogP contribution in [-0.2, 0) is 0 Å². The molecule has 1 aliphatic rings. The molecule has 0 aliphatic carbocycles. The molecule has 1 N–H and O–H groups in total. The van der Waals surface area contributed by atoms with Crippen molar-refractivity contribution in [2.75, 3.05) is 6.54 Å². The standard InChI is InChI=1S/C11H13F2N.C2H6/c12-11(13)6-7-14-10(8-11)9-4-2-1-3-5-9;1-2/h1-5,10,14H,6-8H2;1-2H3. The molecule has 0 amide bonds. The molecule has 1 aliphatic heterocycles. The molecule has 1 aromatic rings. The van der Waals surface area contributed by atoms with E-state index in [0.29, 0.717) is 6.54 Å². The van der Waals surface area contributed by atoms with Gasteiger partial charge in [0.1, 0.15) is 0 Å². The van der Waals surface area contributed by atoms with E-state index in [0.717, 1.165) is 5.56 Å². The first kappa shape index (κ1) is 13.1. The van der Waals surface area contributed by atoms with Crippen LogP contribution in [0.3, 0.4) is 0 Å². The minimum Gasteiger partial charge on any atom is -0.310 e. The number of piperidine rings is 1.